The van der Waals surface area contributed by atoms with Gasteiger partial charge in [0.05, 0.1) is 6.10 Å². The standard InChI is InChI=1S/C15H14N2O2/c1-11(18)13-2-4-15(5-3-13)19-10-12-6-7-17-14(8-12)9-16/h2-8,11,18H,10H2,1H3. The zero-order chi connectivity index (χ0) is 13.7. The number of aliphatic hydroxyl groups is 1. The molecule has 0 fully saturated rings. The highest BCUT2D eigenvalue weighted by Crippen LogP contribution is 2.18. The second-order valence-electron chi connectivity index (χ2n) is 4.19. The van der Waals surface area contributed by atoms with Crippen LogP contribution in [0.1, 0.15) is 29.8 Å². The lowest BCUT2D eigenvalue weighted by atomic mass is 10.1. The highest BCUT2D eigenvalue weighted by molar-refractivity contribution is 5.29. The fraction of sp³-hybridized carbons (Fsp3) is 0.200. The van der Waals surface area contributed by atoms with Crippen LogP contribution >= 0.6 is 0 Å². The van der Waals surface area contributed by atoms with E-state index in [0.717, 1.165) is 16.9 Å². The SMILES string of the molecule is CC(O)c1ccc(OCc2ccnc(C#N)c2)cc1. The van der Waals surface area contributed by atoms with Crippen LogP contribution in [0.2, 0.25) is 0 Å². The maximum Gasteiger partial charge on any atom is 0.140 e. The summed E-state index contributed by atoms with van der Waals surface area (Å²) in [6, 6.07) is 12.8. The first-order valence-corrected chi connectivity index (χ1v) is 5.95. The number of nitriles is 1. The lowest BCUT2D eigenvalue weighted by Crippen LogP contribution is -1.97. The summed E-state index contributed by atoms with van der Waals surface area (Å²) in [5.74, 6) is 0.722. The average Bonchev–Trinajstić information content (AvgIpc) is 2.46. The van der Waals surface area contributed by atoms with Gasteiger partial charge in [-0.15, -0.1) is 0 Å². The van der Waals surface area contributed by atoms with E-state index in [9.17, 15) is 5.11 Å². The minimum absolute atomic E-state index is 0.380. The second kappa shape index (κ2) is 5.98. The molecule has 0 aliphatic heterocycles. The Kier molecular flexibility index (Phi) is 4.11. The van der Waals surface area contributed by atoms with E-state index in [1.165, 1.54) is 0 Å². The van der Waals surface area contributed by atoms with Crippen LogP contribution in [-0.4, -0.2) is 10.1 Å². The van der Waals surface area contributed by atoms with E-state index in [2.05, 4.69) is 4.98 Å². The molecule has 96 valence electrons. The number of pyridine rings is 1. The van der Waals surface area contributed by atoms with Gasteiger partial charge >= 0.3 is 0 Å². The molecule has 19 heavy (non-hydrogen) atoms. The summed E-state index contributed by atoms with van der Waals surface area (Å²) in [7, 11) is 0. The van der Waals surface area contributed by atoms with Gasteiger partial charge in [0, 0.05) is 6.20 Å². The van der Waals surface area contributed by atoms with Gasteiger partial charge in [0.2, 0.25) is 0 Å². The van der Waals surface area contributed by atoms with Crippen molar-refractivity contribution in [3.63, 3.8) is 0 Å². The monoisotopic (exact) mass is 254 g/mol. The highest BCUT2D eigenvalue weighted by atomic mass is 16.5. The Labute approximate surface area is 111 Å². The van der Waals surface area contributed by atoms with Crippen molar-refractivity contribution in [1.29, 1.82) is 5.26 Å². The molecule has 1 heterocycles. The Morgan fingerprint density at radius 2 is 2.05 bits per heavy atom. The maximum atomic E-state index is 9.40. The Bertz CT molecular complexity index is 586. The van der Waals surface area contributed by atoms with Crippen LogP contribution in [-0.2, 0) is 6.61 Å². The van der Waals surface area contributed by atoms with Gasteiger partial charge in [-0.1, -0.05) is 12.1 Å². The van der Waals surface area contributed by atoms with Crippen molar-refractivity contribution in [2.75, 3.05) is 0 Å². The number of ether oxygens (including phenoxy) is 1. The number of rotatable bonds is 4. The molecule has 0 saturated carbocycles. The normalized spacial score (nSPS) is 11.6. The first kappa shape index (κ1) is 13.1. The molecule has 0 aliphatic rings. The summed E-state index contributed by atoms with van der Waals surface area (Å²) < 4.78 is 5.61. The minimum Gasteiger partial charge on any atom is -0.489 e. The smallest absolute Gasteiger partial charge is 0.140 e. The van der Waals surface area contributed by atoms with Crippen LogP contribution in [0.15, 0.2) is 42.6 Å². The Hall–Kier alpha value is -2.38. The summed E-state index contributed by atoms with van der Waals surface area (Å²) in [4.78, 5) is 3.90. The molecule has 0 radical (unpaired) electrons. The van der Waals surface area contributed by atoms with Crippen LogP contribution < -0.4 is 4.74 Å². The van der Waals surface area contributed by atoms with Crippen molar-refractivity contribution in [1.82, 2.24) is 4.98 Å². The van der Waals surface area contributed by atoms with E-state index < -0.39 is 6.10 Å². The predicted molar refractivity (Wildman–Crippen MR) is 70.4 cm³/mol. The lowest BCUT2D eigenvalue weighted by Gasteiger charge is -2.08. The average molecular weight is 254 g/mol. The molecule has 1 aromatic heterocycles. The molecule has 2 rings (SSSR count). The molecule has 2 aromatic rings. The molecule has 1 N–H and O–H groups in total. The van der Waals surface area contributed by atoms with Gasteiger partial charge in [0.15, 0.2) is 0 Å². The zero-order valence-electron chi connectivity index (χ0n) is 10.6. The molecule has 1 atom stereocenters. The van der Waals surface area contributed by atoms with Gasteiger partial charge < -0.3 is 9.84 Å². The number of aromatic nitrogens is 1. The van der Waals surface area contributed by atoms with Gasteiger partial charge in [0.25, 0.3) is 0 Å². The molecule has 4 nitrogen and oxygen atoms in total. The van der Waals surface area contributed by atoms with Crippen LogP contribution in [0.5, 0.6) is 5.75 Å². The third kappa shape index (κ3) is 3.54. The minimum atomic E-state index is -0.479. The molecule has 0 amide bonds. The molecule has 1 aromatic carbocycles. The Balaban J connectivity index is 2.00. The van der Waals surface area contributed by atoms with E-state index >= 15 is 0 Å². The maximum absolute atomic E-state index is 9.40. The van der Waals surface area contributed by atoms with Crippen molar-refractivity contribution in [3.8, 4) is 11.8 Å². The van der Waals surface area contributed by atoms with Gasteiger partial charge in [0.1, 0.15) is 24.1 Å². The quantitative estimate of drug-likeness (QED) is 0.910. The molecule has 0 bridgehead atoms. The summed E-state index contributed by atoms with van der Waals surface area (Å²) in [6.45, 7) is 2.10. The number of benzene rings is 1. The van der Waals surface area contributed by atoms with Gasteiger partial charge in [-0.25, -0.2) is 4.98 Å². The van der Waals surface area contributed by atoms with E-state index in [-0.39, 0.29) is 0 Å². The third-order valence-electron chi connectivity index (χ3n) is 2.71. The molecular weight excluding hydrogens is 240 g/mol. The lowest BCUT2D eigenvalue weighted by molar-refractivity contribution is 0.199. The fourth-order valence-corrected chi connectivity index (χ4v) is 1.63. The molecule has 4 heteroatoms. The van der Waals surface area contributed by atoms with Crippen molar-refractivity contribution in [3.05, 3.63) is 59.4 Å². The first-order chi connectivity index (χ1) is 9.19. The topological polar surface area (TPSA) is 66.1 Å². The fourth-order valence-electron chi connectivity index (χ4n) is 1.63. The highest BCUT2D eigenvalue weighted by Gasteiger charge is 2.02. The molecular formula is C15H14N2O2. The summed E-state index contributed by atoms with van der Waals surface area (Å²) in [5.41, 5.74) is 2.12. The number of hydrogen-bond acceptors (Lipinski definition) is 4. The Morgan fingerprint density at radius 3 is 2.68 bits per heavy atom. The predicted octanol–water partition coefficient (Wildman–Crippen LogP) is 2.59. The second-order valence-corrected chi connectivity index (χ2v) is 4.19. The van der Waals surface area contributed by atoms with E-state index in [1.807, 2.05) is 36.4 Å². The molecule has 0 aliphatic carbocycles. The summed E-state index contributed by atoms with van der Waals surface area (Å²) in [5, 5.41) is 18.2. The van der Waals surface area contributed by atoms with Gasteiger partial charge in [-0.2, -0.15) is 5.26 Å². The largest absolute Gasteiger partial charge is 0.489 e. The summed E-state index contributed by atoms with van der Waals surface area (Å²) in [6.07, 6.45) is 1.11. The molecule has 0 spiro atoms. The van der Waals surface area contributed by atoms with E-state index in [1.54, 1.807) is 19.2 Å². The zero-order valence-corrected chi connectivity index (χ0v) is 10.6. The number of nitrogens with zero attached hydrogens (tertiary/aromatic N) is 2. The van der Waals surface area contributed by atoms with E-state index in [0.29, 0.717) is 12.3 Å². The van der Waals surface area contributed by atoms with E-state index in [4.69, 9.17) is 10.00 Å². The van der Waals surface area contributed by atoms with Crippen molar-refractivity contribution in [2.45, 2.75) is 19.6 Å². The number of aliphatic hydroxyl groups excluding tert-OH is 1. The van der Waals surface area contributed by atoms with Crippen LogP contribution in [0.3, 0.4) is 0 Å². The van der Waals surface area contributed by atoms with Crippen LogP contribution in [0, 0.1) is 11.3 Å². The van der Waals surface area contributed by atoms with Crippen LogP contribution in [0.4, 0.5) is 0 Å². The number of hydrogen-bond donors (Lipinski definition) is 1. The summed E-state index contributed by atoms with van der Waals surface area (Å²) >= 11 is 0. The Morgan fingerprint density at radius 1 is 1.32 bits per heavy atom. The van der Waals surface area contributed by atoms with Gasteiger partial charge in [-0.3, -0.25) is 0 Å². The third-order valence-corrected chi connectivity index (χ3v) is 2.71. The van der Waals surface area contributed by atoms with Crippen molar-refractivity contribution >= 4 is 0 Å². The van der Waals surface area contributed by atoms with Crippen LogP contribution in [0.25, 0.3) is 0 Å². The molecule has 0 saturated heterocycles. The first-order valence-electron chi connectivity index (χ1n) is 5.95. The van der Waals surface area contributed by atoms with Crippen molar-refractivity contribution in [2.24, 2.45) is 0 Å². The van der Waals surface area contributed by atoms with Gasteiger partial charge in [-0.05, 0) is 42.3 Å². The molecule has 1 unspecified atom stereocenters. The van der Waals surface area contributed by atoms with Crippen molar-refractivity contribution < 1.29 is 9.84 Å².